The highest BCUT2D eigenvalue weighted by molar-refractivity contribution is 5.94. The van der Waals surface area contributed by atoms with Gasteiger partial charge in [0.2, 0.25) is 5.91 Å². The molecule has 20 heavy (non-hydrogen) atoms. The summed E-state index contributed by atoms with van der Waals surface area (Å²) in [6, 6.07) is 8.17. The summed E-state index contributed by atoms with van der Waals surface area (Å²) in [6.45, 7) is 3.29. The fraction of sp³-hybridized carbons (Fsp3) is 0.562. The maximum Gasteiger partial charge on any atom is 0.227 e. The maximum absolute atomic E-state index is 12.5. The number of fused-ring (bicyclic) bond motifs is 1. The lowest BCUT2D eigenvalue weighted by Gasteiger charge is -2.23. The van der Waals surface area contributed by atoms with Crippen LogP contribution in [-0.2, 0) is 16.1 Å². The van der Waals surface area contributed by atoms with Gasteiger partial charge in [0.25, 0.3) is 0 Å². The van der Waals surface area contributed by atoms with Crippen LogP contribution in [0.1, 0.15) is 31.2 Å². The van der Waals surface area contributed by atoms with Crippen molar-refractivity contribution in [3.63, 3.8) is 0 Å². The second kappa shape index (κ2) is 6.37. The first-order valence-electron chi connectivity index (χ1n) is 7.55. The van der Waals surface area contributed by atoms with Gasteiger partial charge in [-0.15, -0.1) is 0 Å². The molecule has 0 spiro atoms. The summed E-state index contributed by atoms with van der Waals surface area (Å²) in [6.07, 6.45) is 3.96. The number of nitrogens with zero attached hydrogens (tertiary/aromatic N) is 1. The maximum atomic E-state index is 12.5. The van der Waals surface area contributed by atoms with E-state index in [1.165, 1.54) is 5.56 Å². The van der Waals surface area contributed by atoms with Crippen molar-refractivity contribution >= 4 is 11.6 Å². The number of carbonyl (C=O) groups excluding carboxylic acids is 1. The fourth-order valence-electron chi connectivity index (χ4n) is 3.01. The van der Waals surface area contributed by atoms with Crippen LogP contribution in [0.3, 0.4) is 0 Å². The predicted octanol–water partition coefficient (Wildman–Crippen LogP) is 2.08. The third-order valence-electron chi connectivity index (χ3n) is 4.12. The number of para-hydroxylation sites is 1. The molecule has 1 fully saturated rings. The Morgan fingerprint density at radius 1 is 1.40 bits per heavy atom. The molecule has 0 radical (unpaired) electrons. The van der Waals surface area contributed by atoms with Crippen LogP contribution in [0.25, 0.3) is 0 Å². The summed E-state index contributed by atoms with van der Waals surface area (Å²) in [7, 11) is 0. The monoisotopic (exact) mass is 274 g/mol. The van der Waals surface area contributed by atoms with Crippen LogP contribution < -0.4 is 10.2 Å². The number of hydrogen-bond donors (Lipinski definition) is 1. The van der Waals surface area contributed by atoms with E-state index in [0.717, 1.165) is 51.2 Å². The standard InChI is InChI=1S/C16H22N2O2/c19-16(8-7-14-5-3-11-20-14)18-10-9-17-12-13-4-1-2-6-15(13)18/h1-2,4,6,14,17H,3,5,7-12H2. The Labute approximate surface area is 120 Å². The molecule has 108 valence electrons. The Balaban J connectivity index is 1.67. The van der Waals surface area contributed by atoms with Crippen molar-refractivity contribution in [1.82, 2.24) is 5.32 Å². The summed E-state index contributed by atoms with van der Waals surface area (Å²) in [5, 5.41) is 3.37. The van der Waals surface area contributed by atoms with Gasteiger partial charge in [0.05, 0.1) is 6.10 Å². The van der Waals surface area contributed by atoms with Gasteiger partial charge in [-0.25, -0.2) is 0 Å². The highest BCUT2D eigenvalue weighted by atomic mass is 16.5. The number of hydrogen-bond acceptors (Lipinski definition) is 3. The van der Waals surface area contributed by atoms with Gasteiger partial charge in [-0.05, 0) is 30.9 Å². The summed E-state index contributed by atoms with van der Waals surface area (Å²) in [5.74, 6) is 0.219. The second-order valence-corrected chi connectivity index (χ2v) is 5.52. The van der Waals surface area contributed by atoms with Gasteiger partial charge in [0.1, 0.15) is 0 Å². The zero-order valence-corrected chi connectivity index (χ0v) is 11.8. The number of ether oxygens (including phenoxy) is 1. The van der Waals surface area contributed by atoms with Crippen LogP contribution in [0.2, 0.25) is 0 Å². The van der Waals surface area contributed by atoms with Crippen LogP contribution in [0.4, 0.5) is 5.69 Å². The van der Waals surface area contributed by atoms with E-state index in [4.69, 9.17) is 4.74 Å². The first kappa shape index (κ1) is 13.6. The Bertz CT molecular complexity index is 469. The van der Waals surface area contributed by atoms with E-state index in [1.807, 2.05) is 23.1 Å². The van der Waals surface area contributed by atoms with E-state index in [0.29, 0.717) is 12.5 Å². The molecule has 0 bridgehead atoms. The molecule has 0 aliphatic carbocycles. The lowest BCUT2D eigenvalue weighted by atomic mass is 10.1. The van der Waals surface area contributed by atoms with Crippen LogP contribution in [-0.4, -0.2) is 31.7 Å². The number of carbonyl (C=O) groups is 1. The van der Waals surface area contributed by atoms with Crippen LogP contribution in [0.15, 0.2) is 24.3 Å². The van der Waals surface area contributed by atoms with Gasteiger partial charge in [-0.3, -0.25) is 4.79 Å². The number of anilines is 1. The predicted molar refractivity (Wildman–Crippen MR) is 78.7 cm³/mol. The van der Waals surface area contributed by atoms with Crippen molar-refractivity contribution in [3.8, 4) is 0 Å². The van der Waals surface area contributed by atoms with Crippen LogP contribution in [0.5, 0.6) is 0 Å². The molecule has 2 heterocycles. The average Bonchev–Trinajstić information content (AvgIpc) is 2.90. The number of amides is 1. The fourth-order valence-corrected chi connectivity index (χ4v) is 3.01. The van der Waals surface area contributed by atoms with Crippen molar-refractivity contribution in [2.24, 2.45) is 0 Å². The lowest BCUT2D eigenvalue weighted by molar-refractivity contribution is -0.119. The summed E-state index contributed by atoms with van der Waals surface area (Å²) < 4.78 is 5.60. The molecule has 4 nitrogen and oxygen atoms in total. The molecular formula is C16H22N2O2. The third kappa shape index (κ3) is 3.02. The zero-order chi connectivity index (χ0) is 13.8. The van der Waals surface area contributed by atoms with Gasteiger partial charge in [-0.1, -0.05) is 18.2 Å². The van der Waals surface area contributed by atoms with Crippen molar-refractivity contribution < 1.29 is 9.53 Å². The first-order chi connectivity index (χ1) is 9.84. The molecule has 0 aromatic heterocycles. The first-order valence-corrected chi connectivity index (χ1v) is 7.55. The quantitative estimate of drug-likeness (QED) is 0.917. The molecule has 1 aromatic rings. The average molecular weight is 274 g/mol. The van der Waals surface area contributed by atoms with Crippen LogP contribution >= 0.6 is 0 Å². The molecule has 1 unspecified atom stereocenters. The van der Waals surface area contributed by atoms with Gasteiger partial charge < -0.3 is 15.0 Å². The summed E-state index contributed by atoms with van der Waals surface area (Å²) in [4.78, 5) is 14.4. The number of nitrogens with one attached hydrogen (secondary N) is 1. The molecular weight excluding hydrogens is 252 g/mol. The van der Waals surface area contributed by atoms with Crippen molar-refractivity contribution in [2.45, 2.75) is 38.3 Å². The summed E-state index contributed by atoms with van der Waals surface area (Å²) >= 11 is 0. The van der Waals surface area contributed by atoms with Crippen LogP contribution in [0, 0.1) is 0 Å². The molecule has 1 atom stereocenters. The smallest absolute Gasteiger partial charge is 0.227 e. The van der Waals surface area contributed by atoms with Gasteiger partial charge in [0, 0.05) is 38.3 Å². The Morgan fingerprint density at radius 3 is 3.15 bits per heavy atom. The highest BCUT2D eigenvalue weighted by Gasteiger charge is 2.22. The minimum atomic E-state index is 0.219. The summed E-state index contributed by atoms with van der Waals surface area (Å²) in [5.41, 5.74) is 2.27. The van der Waals surface area contributed by atoms with E-state index in [1.54, 1.807) is 0 Å². The molecule has 0 saturated carbocycles. The second-order valence-electron chi connectivity index (χ2n) is 5.52. The van der Waals surface area contributed by atoms with Crippen molar-refractivity contribution in [3.05, 3.63) is 29.8 Å². The van der Waals surface area contributed by atoms with E-state index in [2.05, 4.69) is 11.4 Å². The van der Waals surface area contributed by atoms with E-state index in [9.17, 15) is 4.79 Å². The van der Waals surface area contributed by atoms with E-state index in [-0.39, 0.29) is 5.91 Å². The highest BCUT2D eigenvalue weighted by Crippen LogP contribution is 2.24. The molecule has 2 aliphatic rings. The molecule has 1 saturated heterocycles. The van der Waals surface area contributed by atoms with Crippen molar-refractivity contribution in [1.29, 1.82) is 0 Å². The SMILES string of the molecule is O=C(CCC1CCCO1)N1CCNCc2ccccc21. The van der Waals surface area contributed by atoms with Gasteiger partial charge in [-0.2, -0.15) is 0 Å². The molecule has 2 aliphatic heterocycles. The molecule has 1 N–H and O–H groups in total. The Hall–Kier alpha value is -1.39. The third-order valence-corrected chi connectivity index (χ3v) is 4.12. The molecule has 1 aromatic carbocycles. The largest absolute Gasteiger partial charge is 0.378 e. The normalized spacial score (nSPS) is 22.4. The Morgan fingerprint density at radius 2 is 2.30 bits per heavy atom. The number of rotatable bonds is 3. The minimum Gasteiger partial charge on any atom is -0.378 e. The zero-order valence-electron chi connectivity index (χ0n) is 11.8. The van der Waals surface area contributed by atoms with Gasteiger partial charge >= 0.3 is 0 Å². The van der Waals surface area contributed by atoms with Crippen molar-refractivity contribution in [2.75, 3.05) is 24.6 Å². The number of benzene rings is 1. The van der Waals surface area contributed by atoms with E-state index >= 15 is 0 Å². The molecule has 1 amide bonds. The molecule has 4 heteroatoms. The minimum absolute atomic E-state index is 0.219. The van der Waals surface area contributed by atoms with E-state index < -0.39 is 0 Å². The lowest BCUT2D eigenvalue weighted by Crippen LogP contribution is -2.35. The Kier molecular flexibility index (Phi) is 4.33. The van der Waals surface area contributed by atoms with Gasteiger partial charge in [0.15, 0.2) is 0 Å². The topological polar surface area (TPSA) is 41.6 Å². The molecule has 3 rings (SSSR count).